The molecule has 1 nitrogen and oxygen atoms in total. The third-order valence-electron chi connectivity index (χ3n) is 5.18. The zero-order valence-electron chi connectivity index (χ0n) is 13.1. The molecule has 1 aromatic rings. The Morgan fingerprint density at radius 3 is 2.00 bits per heavy atom. The summed E-state index contributed by atoms with van der Waals surface area (Å²) in [5.74, 6) is -8.68. The number of fused-ring (bicyclic) bond motifs is 1. The van der Waals surface area contributed by atoms with Gasteiger partial charge < -0.3 is 4.74 Å². The molecule has 128 valence electrons. The van der Waals surface area contributed by atoms with E-state index in [4.69, 9.17) is 4.74 Å². The molecule has 1 saturated heterocycles. The molecular formula is C16H19F5OSi. The van der Waals surface area contributed by atoms with Crippen molar-refractivity contribution in [2.75, 3.05) is 0 Å². The third kappa shape index (κ3) is 3.05. The molecule has 3 unspecified atom stereocenters. The maximum absolute atomic E-state index is 14.0. The van der Waals surface area contributed by atoms with Crippen LogP contribution in [0.3, 0.4) is 0 Å². The lowest BCUT2D eigenvalue weighted by Crippen LogP contribution is -2.47. The normalized spacial score (nSPS) is 27.0. The lowest BCUT2D eigenvalue weighted by molar-refractivity contribution is 0.357. The predicted molar refractivity (Wildman–Crippen MR) is 78.8 cm³/mol. The molecule has 1 saturated carbocycles. The molecule has 0 radical (unpaired) electrons. The van der Waals surface area contributed by atoms with Crippen LogP contribution in [0.1, 0.15) is 25.7 Å². The molecule has 1 aromatic carbocycles. The summed E-state index contributed by atoms with van der Waals surface area (Å²) in [6.45, 7) is 3.31. The average molecular weight is 350 g/mol. The van der Waals surface area contributed by atoms with Crippen molar-refractivity contribution < 1.29 is 26.7 Å². The van der Waals surface area contributed by atoms with E-state index in [1.807, 2.05) is 0 Å². The highest BCUT2D eigenvalue weighted by Crippen LogP contribution is 2.41. The van der Waals surface area contributed by atoms with Crippen LogP contribution in [0.5, 0.6) is 0 Å². The van der Waals surface area contributed by atoms with Crippen molar-refractivity contribution in [3.63, 3.8) is 0 Å². The summed E-state index contributed by atoms with van der Waals surface area (Å²) >= 11 is 0. The molecule has 0 bridgehead atoms. The van der Waals surface area contributed by atoms with E-state index >= 15 is 0 Å². The zero-order chi connectivity index (χ0) is 16.9. The Morgan fingerprint density at radius 2 is 1.43 bits per heavy atom. The first-order valence-electron chi connectivity index (χ1n) is 7.89. The van der Waals surface area contributed by atoms with E-state index in [0.717, 1.165) is 25.7 Å². The first-order chi connectivity index (χ1) is 10.7. The van der Waals surface area contributed by atoms with Gasteiger partial charge in [0.05, 0.1) is 20.3 Å². The Bertz CT molecular complexity index is 604. The highest BCUT2D eigenvalue weighted by molar-refractivity contribution is 6.89. The van der Waals surface area contributed by atoms with Crippen LogP contribution < -0.4 is 5.19 Å². The lowest BCUT2D eigenvalue weighted by atomic mass is 9.87. The Balaban J connectivity index is 1.79. The van der Waals surface area contributed by atoms with Crippen LogP contribution in [0.15, 0.2) is 0 Å². The van der Waals surface area contributed by atoms with Gasteiger partial charge >= 0.3 is 0 Å². The SMILES string of the molecule is C[Si](C)(CCC1CCC2OC2C1)c1c(F)c(F)c(F)c(F)c1F. The van der Waals surface area contributed by atoms with Gasteiger partial charge in [0.2, 0.25) is 5.82 Å². The minimum atomic E-state index is -2.78. The molecule has 7 heteroatoms. The van der Waals surface area contributed by atoms with Gasteiger partial charge in [-0.05, 0) is 25.2 Å². The highest BCUT2D eigenvalue weighted by atomic mass is 28.3. The average Bonchev–Trinajstić information content (AvgIpc) is 3.27. The fourth-order valence-electron chi connectivity index (χ4n) is 3.64. The molecule has 0 N–H and O–H groups in total. The van der Waals surface area contributed by atoms with E-state index in [1.165, 1.54) is 0 Å². The van der Waals surface area contributed by atoms with Crippen LogP contribution in [-0.2, 0) is 4.74 Å². The van der Waals surface area contributed by atoms with Gasteiger partial charge in [-0.15, -0.1) is 0 Å². The minimum absolute atomic E-state index is 0.313. The van der Waals surface area contributed by atoms with Crippen LogP contribution in [0.4, 0.5) is 22.0 Å². The first-order valence-corrected chi connectivity index (χ1v) is 11.1. The van der Waals surface area contributed by atoms with Crippen LogP contribution >= 0.6 is 0 Å². The van der Waals surface area contributed by atoms with Gasteiger partial charge in [-0.25, -0.2) is 22.0 Å². The largest absolute Gasteiger partial charge is 0.370 e. The summed E-state index contributed by atoms with van der Waals surface area (Å²) in [5, 5.41) is -0.578. The standard InChI is InChI=1S/C16H19F5OSi/c1-23(2,6-5-8-3-4-9-10(7-8)22-9)16-14(20)12(18)11(17)13(19)15(16)21/h8-10H,3-7H2,1-2H3. The number of halogens is 5. The molecule has 1 aliphatic carbocycles. The summed E-state index contributed by atoms with van der Waals surface area (Å²) in [4.78, 5) is 0. The zero-order valence-corrected chi connectivity index (χ0v) is 14.1. The van der Waals surface area contributed by atoms with E-state index < -0.39 is 42.3 Å². The van der Waals surface area contributed by atoms with E-state index in [2.05, 4.69) is 0 Å². The number of benzene rings is 1. The molecule has 2 aliphatic rings. The summed E-state index contributed by atoms with van der Waals surface area (Å²) < 4.78 is 73.6. The molecule has 0 aromatic heterocycles. The fourth-order valence-corrected chi connectivity index (χ4v) is 6.43. The molecule has 0 amide bonds. The van der Waals surface area contributed by atoms with Gasteiger partial charge in [-0.3, -0.25) is 0 Å². The Morgan fingerprint density at radius 1 is 0.870 bits per heavy atom. The Hall–Kier alpha value is -0.953. The molecule has 2 fully saturated rings. The van der Waals surface area contributed by atoms with Crippen molar-refractivity contribution in [2.45, 2.75) is 57.0 Å². The van der Waals surface area contributed by atoms with Crippen molar-refractivity contribution in [2.24, 2.45) is 5.92 Å². The highest BCUT2D eigenvalue weighted by Gasteiger charge is 2.44. The molecule has 0 spiro atoms. The second-order valence-corrected chi connectivity index (χ2v) is 12.0. The summed E-state index contributed by atoms with van der Waals surface area (Å²) in [5.41, 5.74) is 0. The summed E-state index contributed by atoms with van der Waals surface area (Å²) in [6, 6.07) is 0.493. The first kappa shape index (κ1) is 16.9. The van der Waals surface area contributed by atoms with Crippen molar-refractivity contribution in [3.05, 3.63) is 29.1 Å². The number of hydrogen-bond acceptors (Lipinski definition) is 1. The smallest absolute Gasteiger partial charge is 0.200 e. The maximum atomic E-state index is 14.0. The molecule has 1 aliphatic heterocycles. The van der Waals surface area contributed by atoms with Crippen molar-refractivity contribution in [1.82, 2.24) is 0 Å². The summed E-state index contributed by atoms with van der Waals surface area (Å²) in [7, 11) is -2.78. The van der Waals surface area contributed by atoms with Crippen molar-refractivity contribution in [1.29, 1.82) is 0 Å². The second-order valence-electron chi connectivity index (χ2n) is 7.26. The molecule has 23 heavy (non-hydrogen) atoms. The number of epoxide rings is 1. The van der Waals surface area contributed by atoms with Gasteiger partial charge in [0, 0.05) is 5.19 Å². The van der Waals surface area contributed by atoms with E-state index in [1.54, 1.807) is 13.1 Å². The van der Waals surface area contributed by atoms with Crippen molar-refractivity contribution >= 4 is 13.3 Å². The van der Waals surface area contributed by atoms with E-state index in [0.29, 0.717) is 24.2 Å². The molecule has 3 rings (SSSR count). The topological polar surface area (TPSA) is 12.5 Å². The number of hydrogen-bond donors (Lipinski definition) is 0. The number of rotatable bonds is 4. The Labute approximate surface area is 132 Å². The van der Waals surface area contributed by atoms with Gasteiger partial charge in [0.25, 0.3) is 0 Å². The van der Waals surface area contributed by atoms with Crippen LogP contribution in [-0.4, -0.2) is 20.3 Å². The molecular weight excluding hydrogens is 331 g/mol. The van der Waals surface area contributed by atoms with E-state index in [-0.39, 0.29) is 0 Å². The Kier molecular flexibility index (Phi) is 4.29. The lowest BCUT2D eigenvalue weighted by Gasteiger charge is -2.27. The van der Waals surface area contributed by atoms with Crippen LogP contribution in [0.2, 0.25) is 19.1 Å². The second kappa shape index (κ2) is 5.84. The van der Waals surface area contributed by atoms with Gasteiger partial charge in [0.1, 0.15) is 0 Å². The predicted octanol–water partition coefficient (Wildman–Crippen LogP) is 4.26. The van der Waals surface area contributed by atoms with Crippen LogP contribution in [0, 0.1) is 35.0 Å². The molecule has 1 heterocycles. The van der Waals surface area contributed by atoms with Gasteiger partial charge in [-0.1, -0.05) is 25.6 Å². The van der Waals surface area contributed by atoms with Crippen LogP contribution in [0.25, 0.3) is 0 Å². The third-order valence-corrected chi connectivity index (χ3v) is 8.51. The van der Waals surface area contributed by atoms with E-state index in [9.17, 15) is 22.0 Å². The van der Waals surface area contributed by atoms with Gasteiger partial charge in [0.15, 0.2) is 23.3 Å². The maximum Gasteiger partial charge on any atom is 0.200 e. The van der Waals surface area contributed by atoms with Crippen molar-refractivity contribution in [3.8, 4) is 0 Å². The minimum Gasteiger partial charge on any atom is -0.370 e. The molecule has 3 atom stereocenters. The number of ether oxygens (including phenoxy) is 1. The van der Waals surface area contributed by atoms with Gasteiger partial charge in [-0.2, -0.15) is 0 Å². The monoisotopic (exact) mass is 350 g/mol. The quantitative estimate of drug-likeness (QED) is 0.260. The fraction of sp³-hybridized carbons (Fsp3) is 0.625. The summed E-state index contributed by atoms with van der Waals surface area (Å²) in [6.07, 6.45) is 4.37.